The van der Waals surface area contributed by atoms with Crippen LogP contribution in [0.1, 0.15) is 20.8 Å². The third-order valence-corrected chi connectivity index (χ3v) is 3.04. The summed E-state index contributed by atoms with van der Waals surface area (Å²) in [5.41, 5.74) is -0.583. The summed E-state index contributed by atoms with van der Waals surface area (Å²) in [6.45, 7) is 5.72. The monoisotopic (exact) mass is 154 g/mol. The van der Waals surface area contributed by atoms with Crippen LogP contribution in [0, 0.1) is 17.3 Å². The molecule has 0 bridgehead atoms. The van der Waals surface area contributed by atoms with E-state index in [0.29, 0.717) is 0 Å². The van der Waals surface area contributed by atoms with Crippen molar-refractivity contribution in [1.29, 1.82) is 0 Å². The molecular weight excluding hydrogens is 140 g/mol. The molecule has 2 heteroatoms. The number of hydrogen-bond donors (Lipinski definition) is 1. The average Bonchev–Trinajstić information content (AvgIpc) is 2.18. The smallest absolute Gasteiger partial charge is 0.310 e. The molecule has 0 amide bonds. The Morgan fingerprint density at radius 1 is 1.36 bits per heavy atom. The lowest BCUT2D eigenvalue weighted by atomic mass is 9.74. The Morgan fingerprint density at radius 3 is 1.91 bits per heavy atom. The second-order valence-electron chi connectivity index (χ2n) is 3.55. The Hall–Kier alpha value is -0.790. The number of carboxylic acid groups (broad SMARTS) is 1. The van der Waals surface area contributed by atoms with Crippen molar-refractivity contribution in [3.8, 4) is 0 Å². The summed E-state index contributed by atoms with van der Waals surface area (Å²) in [7, 11) is 0. The highest BCUT2D eigenvalue weighted by Gasteiger charge is 2.44. The maximum absolute atomic E-state index is 10.9. The molecule has 0 aliphatic heterocycles. The molecular formula is C9H14O2. The third kappa shape index (κ3) is 0.971. The van der Waals surface area contributed by atoms with Crippen LogP contribution in [0.4, 0.5) is 0 Å². The van der Waals surface area contributed by atoms with Crippen LogP contribution >= 0.6 is 0 Å². The molecule has 0 spiro atoms. The van der Waals surface area contributed by atoms with E-state index in [1.54, 1.807) is 0 Å². The second kappa shape index (κ2) is 2.36. The highest BCUT2D eigenvalue weighted by atomic mass is 16.4. The normalized spacial score (nSPS) is 42.8. The number of carbonyl (C=O) groups is 1. The van der Waals surface area contributed by atoms with Gasteiger partial charge in [-0.05, 0) is 18.8 Å². The van der Waals surface area contributed by atoms with Crippen molar-refractivity contribution in [2.45, 2.75) is 20.8 Å². The van der Waals surface area contributed by atoms with Gasteiger partial charge in [0.1, 0.15) is 0 Å². The Morgan fingerprint density at radius 2 is 1.73 bits per heavy atom. The van der Waals surface area contributed by atoms with Crippen LogP contribution in [0.25, 0.3) is 0 Å². The fourth-order valence-electron chi connectivity index (χ4n) is 1.54. The van der Waals surface area contributed by atoms with Gasteiger partial charge < -0.3 is 5.11 Å². The quantitative estimate of drug-likeness (QED) is 0.586. The lowest BCUT2D eigenvalue weighted by Gasteiger charge is -2.28. The van der Waals surface area contributed by atoms with E-state index in [9.17, 15) is 4.79 Å². The standard InChI is InChI=1S/C9H14O2/c1-6-4-5-7(2)9(6,3)8(10)11/h4-7H,1-3H3,(H,10,11). The number of carboxylic acids is 1. The summed E-state index contributed by atoms with van der Waals surface area (Å²) < 4.78 is 0. The van der Waals surface area contributed by atoms with Gasteiger partial charge in [-0.2, -0.15) is 0 Å². The van der Waals surface area contributed by atoms with Crippen molar-refractivity contribution in [2.24, 2.45) is 17.3 Å². The third-order valence-electron chi connectivity index (χ3n) is 3.04. The zero-order chi connectivity index (χ0) is 8.65. The fraction of sp³-hybridized carbons (Fsp3) is 0.667. The number of aliphatic carboxylic acids is 1. The minimum atomic E-state index is -0.692. The zero-order valence-electron chi connectivity index (χ0n) is 7.16. The van der Waals surface area contributed by atoms with Crippen LogP contribution in [0.2, 0.25) is 0 Å². The summed E-state index contributed by atoms with van der Waals surface area (Å²) in [4.78, 5) is 10.9. The molecule has 0 radical (unpaired) electrons. The first kappa shape index (κ1) is 8.31. The molecule has 62 valence electrons. The molecule has 0 aromatic rings. The largest absolute Gasteiger partial charge is 0.481 e. The summed E-state index contributed by atoms with van der Waals surface area (Å²) in [6, 6.07) is 0. The van der Waals surface area contributed by atoms with Gasteiger partial charge in [-0.3, -0.25) is 4.79 Å². The van der Waals surface area contributed by atoms with Gasteiger partial charge in [-0.15, -0.1) is 0 Å². The Balaban J connectivity index is 2.94. The number of allylic oxidation sites excluding steroid dienone is 2. The zero-order valence-corrected chi connectivity index (χ0v) is 7.16. The topological polar surface area (TPSA) is 37.3 Å². The lowest BCUT2D eigenvalue weighted by Crippen LogP contribution is -2.35. The van der Waals surface area contributed by atoms with Crippen molar-refractivity contribution in [3.63, 3.8) is 0 Å². The van der Waals surface area contributed by atoms with Crippen LogP contribution in [0.5, 0.6) is 0 Å². The maximum Gasteiger partial charge on any atom is 0.310 e. The van der Waals surface area contributed by atoms with E-state index in [1.807, 2.05) is 32.9 Å². The van der Waals surface area contributed by atoms with E-state index < -0.39 is 11.4 Å². The molecule has 2 nitrogen and oxygen atoms in total. The molecule has 1 rings (SSSR count). The van der Waals surface area contributed by atoms with Gasteiger partial charge >= 0.3 is 5.97 Å². The molecule has 0 aromatic heterocycles. The van der Waals surface area contributed by atoms with Gasteiger partial charge in [0.05, 0.1) is 5.41 Å². The van der Waals surface area contributed by atoms with E-state index in [1.165, 1.54) is 0 Å². The van der Waals surface area contributed by atoms with Crippen LogP contribution in [-0.4, -0.2) is 11.1 Å². The van der Waals surface area contributed by atoms with Crippen molar-refractivity contribution in [1.82, 2.24) is 0 Å². The van der Waals surface area contributed by atoms with Gasteiger partial charge in [0.2, 0.25) is 0 Å². The minimum absolute atomic E-state index is 0.148. The Labute approximate surface area is 66.9 Å². The van der Waals surface area contributed by atoms with Crippen molar-refractivity contribution in [2.75, 3.05) is 0 Å². The molecule has 0 saturated heterocycles. The minimum Gasteiger partial charge on any atom is -0.481 e. The Bertz CT molecular complexity index is 194. The summed E-state index contributed by atoms with van der Waals surface area (Å²) in [5.74, 6) is -0.396. The molecule has 0 aromatic carbocycles. The van der Waals surface area contributed by atoms with Gasteiger partial charge in [0.15, 0.2) is 0 Å². The number of hydrogen-bond acceptors (Lipinski definition) is 1. The average molecular weight is 154 g/mol. The van der Waals surface area contributed by atoms with Crippen LogP contribution in [-0.2, 0) is 4.79 Å². The van der Waals surface area contributed by atoms with E-state index in [4.69, 9.17) is 5.11 Å². The van der Waals surface area contributed by atoms with Crippen molar-refractivity contribution < 1.29 is 9.90 Å². The van der Waals surface area contributed by atoms with Gasteiger partial charge in [0.25, 0.3) is 0 Å². The first-order valence-corrected chi connectivity index (χ1v) is 3.91. The predicted octanol–water partition coefficient (Wildman–Crippen LogP) is 1.92. The first-order chi connectivity index (χ1) is 4.99. The maximum atomic E-state index is 10.9. The molecule has 0 heterocycles. The summed E-state index contributed by atoms with van der Waals surface area (Å²) in [6.07, 6.45) is 3.97. The molecule has 0 fully saturated rings. The molecule has 2 unspecified atom stereocenters. The van der Waals surface area contributed by atoms with Crippen molar-refractivity contribution >= 4 is 5.97 Å². The van der Waals surface area contributed by atoms with Gasteiger partial charge in [0, 0.05) is 0 Å². The molecule has 1 N–H and O–H groups in total. The predicted molar refractivity (Wildman–Crippen MR) is 43.2 cm³/mol. The van der Waals surface area contributed by atoms with E-state index in [2.05, 4.69) is 0 Å². The summed E-state index contributed by atoms with van der Waals surface area (Å²) >= 11 is 0. The fourth-order valence-corrected chi connectivity index (χ4v) is 1.54. The van der Waals surface area contributed by atoms with E-state index >= 15 is 0 Å². The molecule has 11 heavy (non-hydrogen) atoms. The highest BCUT2D eigenvalue weighted by Crippen LogP contribution is 2.42. The van der Waals surface area contributed by atoms with Gasteiger partial charge in [-0.1, -0.05) is 26.0 Å². The molecule has 1 aliphatic carbocycles. The second-order valence-corrected chi connectivity index (χ2v) is 3.55. The van der Waals surface area contributed by atoms with Crippen molar-refractivity contribution in [3.05, 3.63) is 12.2 Å². The molecule has 0 saturated carbocycles. The van der Waals surface area contributed by atoms with E-state index in [0.717, 1.165) is 0 Å². The summed E-state index contributed by atoms with van der Waals surface area (Å²) in [5, 5.41) is 8.97. The highest BCUT2D eigenvalue weighted by molar-refractivity contribution is 5.76. The first-order valence-electron chi connectivity index (χ1n) is 3.91. The van der Waals surface area contributed by atoms with Crippen LogP contribution in [0.3, 0.4) is 0 Å². The van der Waals surface area contributed by atoms with Crippen LogP contribution in [0.15, 0.2) is 12.2 Å². The number of rotatable bonds is 1. The molecule has 1 aliphatic rings. The molecule has 2 atom stereocenters. The SMILES string of the molecule is CC1C=CC(C)C1(C)C(=O)O. The van der Waals surface area contributed by atoms with E-state index in [-0.39, 0.29) is 11.8 Å². The van der Waals surface area contributed by atoms with Gasteiger partial charge in [-0.25, -0.2) is 0 Å². The lowest BCUT2D eigenvalue weighted by molar-refractivity contribution is -0.151. The Kier molecular flexibility index (Phi) is 1.78. The van der Waals surface area contributed by atoms with Crippen LogP contribution < -0.4 is 0 Å².